The SMILES string of the molecule is [OH+]=C1CCc2c1cc(C(F)(F)F)c1c2ccc2ccccc21. The van der Waals surface area contributed by atoms with Gasteiger partial charge in [-0.15, -0.1) is 0 Å². The number of aryl methyl sites for hydroxylation is 1. The van der Waals surface area contributed by atoms with E-state index in [2.05, 4.69) is 0 Å². The number of halogens is 3. The summed E-state index contributed by atoms with van der Waals surface area (Å²) in [7, 11) is 0. The van der Waals surface area contributed by atoms with E-state index in [1.165, 1.54) is 0 Å². The molecular formula is C18H12F3O+. The summed E-state index contributed by atoms with van der Waals surface area (Å²) in [6.45, 7) is 0. The van der Waals surface area contributed by atoms with Gasteiger partial charge in [0.05, 0.1) is 17.5 Å². The summed E-state index contributed by atoms with van der Waals surface area (Å²) in [6, 6.07) is 11.8. The highest BCUT2D eigenvalue weighted by atomic mass is 19.4. The van der Waals surface area contributed by atoms with Gasteiger partial charge in [-0.2, -0.15) is 13.2 Å². The van der Waals surface area contributed by atoms with Crippen molar-refractivity contribution in [2.45, 2.75) is 19.0 Å². The molecule has 1 N–H and O–H groups in total. The molecule has 110 valence electrons. The second kappa shape index (κ2) is 4.32. The average molecular weight is 301 g/mol. The fourth-order valence-electron chi connectivity index (χ4n) is 3.39. The number of rotatable bonds is 0. The van der Waals surface area contributed by atoms with Crippen molar-refractivity contribution in [3.8, 4) is 0 Å². The zero-order valence-electron chi connectivity index (χ0n) is 11.5. The molecule has 0 heterocycles. The second-order valence-corrected chi connectivity index (χ2v) is 5.60. The lowest BCUT2D eigenvalue weighted by Crippen LogP contribution is -2.09. The minimum Gasteiger partial charge on any atom is -0.278 e. The number of hydrogen-bond donors (Lipinski definition) is 0. The second-order valence-electron chi connectivity index (χ2n) is 5.60. The van der Waals surface area contributed by atoms with E-state index in [-0.39, 0.29) is 11.2 Å². The molecule has 1 aliphatic carbocycles. The molecule has 1 nitrogen and oxygen atoms in total. The van der Waals surface area contributed by atoms with E-state index < -0.39 is 11.7 Å². The van der Waals surface area contributed by atoms with Gasteiger partial charge in [-0.05, 0) is 34.2 Å². The smallest absolute Gasteiger partial charge is 0.278 e. The molecule has 0 unspecified atom stereocenters. The summed E-state index contributed by atoms with van der Waals surface area (Å²) < 4.78 is 40.7. The summed E-state index contributed by atoms with van der Waals surface area (Å²) in [4.78, 5) is 9.89. The Hall–Kier alpha value is -2.36. The summed E-state index contributed by atoms with van der Waals surface area (Å²) in [5, 5.41) is 2.21. The van der Waals surface area contributed by atoms with Crippen LogP contribution in [0.4, 0.5) is 13.2 Å². The largest absolute Gasteiger partial charge is 0.417 e. The van der Waals surface area contributed by atoms with Crippen LogP contribution in [0.2, 0.25) is 0 Å². The zero-order valence-corrected chi connectivity index (χ0v) is 11.5. The number of carbonyl (C=O) groups excluding carboxylic acids is 1. The molecule has 4 rings (SSSR count). The molecule has 0 spiro atoms. The number of benzene rings is 3. The van der Waals surface area contributed by atoms with Crippen LogP contribution in [0, 0.1) is 0 Å². The van der Waals surface area contributed by atoms with E-state index in [1.54, 1.807) is 18.2 Å². The van der Waals surface area contributed by atoms with Crippen LogP contribution in [0.1, 0.15) is 23.1 Å². The molecule has 0 aliphatic heterocycles. The maximum absolute atomic E-state index is 13.6. The number of hydrogen-bond acceptors (Lipinski definition) is 0. The maximum Gasteiger partial charge on any atom is 0.417 e. The van der Waals surface area contributed by atoms with E-state index >= 15 is 0 Å². The maximum atomic E-state index is 13.6. The van der Waals surface area contributed by atoms with E-state index in [1.807, 2.05) is 18.2 Å². The van der Waals surface area contributed by atoms with Crippen LogP contribution in [-0.2, 0) is 12.6 Å². The Balaban J connectivity index is 2.27. The van der Waals surface area contributed by atoms with Crippen molar-refractivity contribution in [2.75, 3.05) is 0 Å². The molecule has 0 saturated heterocycles. The molecule has 3 aromatic rings. The molecule has 4 heteroatoms. The first-order valence-electron chi connectivity index (χ1n) is 7.06. The van der Waals surface area contributed by atoms with Crippen molar-refractivity contribution in [3.63, 3.8) is 0 Å². The molecule has 3 aromatic carbocycles. The van der Waals surface area contributed by atoms with Crippen molar-refractivity contribution in [1.29, 1.82) is 0 Å². The Morgan fingerprint density at radius 2 is 1.68 bits per heavy atom. The first kappa shape index (κ1) is 13.3. The lowest BCUT2D eigenvalue weighted by atomic mass is 9.91. The monoisotopic (exact) mass is 301 g/mol. The fraction of sp³-hybridized carbons (Fsp3) is 0.167. The lowest BCUT2D eigenvalue weighted by Gasteiger charge is -2.15. The molecular weight excluding hydrogens is 289 g/mol. The van der Waals surface area contributed by atoms with Crippen molar-refractivity contribution >= 4 is 27.3 Å². The van der Waals surface area contributed by atoms with Crippen LogP contribution in [0.3, 0.4) is 0 Å². The lowest BCUT2D eigenvalue weighted by molar-refractivity contribution is -0.136. The Morgan fingerprint density at radius 1 is 0.909 bits per heavy atom. The van der Waals surface area contributed by atoms with Gasteiger partial charge in [-0.25, -0.2) is 0 Å². The Bertz CT molecular complexity index is 938. The number of alkyl halides is 3. The molecule has 0 saturated carbocycles. The summed E-state index contributed by atoms with van der Waals surface area (Å²) >= 11 is 0. The van der Waals surface area contributed by atoms with Gasteiger partial charge in [-0.1, -0.05) is 36.4 Å². The summed E-state index contributed by atoms with van der Waals surface area (Å²) in [5.74, 6) is 0.0514. The molecule has 0 atom stereocenters. The third-order valence-corrected chi connectivity index (χ3v) is 4.37. The van der Waals surface area contributed by atoms with Crippen LogP contribution in [0.25, 0.3) is 21.5 Å². The predicted octanol–water partition coefficient (Wildman–Crippen LogP) is 4.85. The van der Waals surface area contributed by atoms with E-state index in [4.69, 9.17) is 0 Å². The van der Waals surface area contributed by atoms with Gasteiger partial charge in [0.1, 0.15) is 0 Å². The van der Waals surface area contributed by atoms with Crippen molar-refractivity contribution in [1.82, 2.24) is 0 Å². The van der Waals surface area contributed by atoms with Gasteiger partial charge in [-0.3, -0.25) is 4.79 Å². The minimum absolute atomic E-state index is 0.0514. The fourth-order valence-corrected chi connectivity index (χ4v) is 3.39. The molecule has 0 radical (unpaired) electrons. The van der Waals surface area contributed by atoms with Crippen LogP contribution in [0.5, 0.6) is 0 Å². The van der Waals surface area contributed by atoms with Crippen LogP contribution in [-0.4, -0.2) is 10.6 Å². The summed E-state index contributed by atoms with van der Waals surface area (Å²) in [6.07, 6.45) is -3.48. The summed E-state index contributed by atoms with van der Waals surface area (Å²) in [5.41, 5.74) is 0.479. The van der Waals surface area contributed by atoms with Gasteiger partial charge in [0.2, 0.25) is 0 Å². The molecule has 0 amide bonds. The van der Waals surface area contributed by atoms with Gasteiger partial charge >= 0.3 is 12.0 Å². The average Bonchev–Trinajstić information content (AvgIpc) is 2.86. The van der Waals surface area contributed by atoms with Gasteiger partial charge < -0.3 is 0 Å². The van der Waals surface area contributed by atoms with Crippen LogP contribution in [0.15, 0.2) is 42.5 Å². The van der Waals surface area contributed by atoms with E-state index in [0.717, 1.165) is 17.0 Å². The molecule has 22 heavy (non-hydrogen) atoms. The molecule has 0 fully saturated rings. The Kier molecular flexibility index (Phi) is 2.61. The number of ketones is 1. The Morgan fingerprint density at radius 3 is 2.45 bits per heavy atom. The topological polar surface area (TPSA) is 21.4 Å². The predicted molar refractivity (Wildman–Crippen MR) is 80.8 cm³/mol. The van der Waals surface area contributed by atoms with Crippen molar-refractivity contribution in [2.24, 2.45) is 0 Å². The Labute approximate surface area is 124 Å². The van der Waals surface area contributed by atoms with E-state index in [9.17, 15) is 18.0 Å². The highest BCUT2D eigenvalue weighted by Crippen LogP contribution is 2.42. The zero-order chi connectivity index (χ0) is 15.5. The number of fused-ring (bicyclic) bond motifs is 5. The van der Waals surface area contributed by atoms with Gasteiger partial charge in [0, 0.05) is 5.39 Å². The van der Waals surface area contributed by atoms with Crippen LogP contribution < -0.4 is 0 Å². The highest BCUT2D eigenvalue weighted by Gasteiger charge is 2.37. The minimum atomic E-state index is -4.46. The molecule has 0 bridgehead atoms. The molecule has 0 aromatic heterocycles. The van der Waals surface area contributed by atoms with Crippen molar-refractivity contribution in [3.05, 3.63) is 59.2 Å². The normalized spacial score (nSPS) is 14.8. The van der Waals surface area contributed by atoms with Crippen LogP contribution >= 0.6 is 0 Å². The van der Waals surface area contributed by atoms with Crippen molar-refractivity contribution < 1.29 is 18.0 Å². The van der Waals surface area contributed by atoms with Gasteiger partial charge in [0.15, 0.2) is 0 Å². The first-order chi connectivity index (χ1) is 10.5. The van der Waals surface area contributed by atoms with E-state index in [0.29, 0.717) is 29.2 Å². The third kappa shape index (κ3) is 1.76. The van der Waals surface area contributed by atoms with Gasteiger partial charge in [0.25, 0.3) is 0 Å². The quantitative estimate of drug-likeness (QED) is 0.418. The first-order valence-corrected chi connectivity index (χ1v) is 7.06. The standard InChI is InChI=1S/C18H11F3O/c19-18(20,21)15-9-14-12(7-8-16(14)22)13-6-5-10-3-1-2-4-11(10)17(13)15/h1-6,9H,7-8H2/p+1. The third-order valence-electron chi connectivity index (χ3n) is 4.37. The highest BCUT2D eigenvalue weighted by molar-refractivity contribution is 6.15. The molecule has 1 aliphatic rings.